The van der Waals surface area contributed by atoms with Gasteiger partial charge in [-0.15, -0.1) is 0 Å². The molecule has 1 aliphatic heterocycles. The van der Waals surface area contributed by atoms with Crippen molar-refractivity contribution >= 4 is 11.7 Å². The highest BCUT2D eigenvalue weighted by molar-refractivity contribution is 6.09. The highest BCUT2D eigenvalue weighted by atomic mass is 19.1. The fraction of sp³-hybridized carbons (Fsp3) is 0.333. The van der Waals surface area contributed by atoms with E-state index < -0.39 is 11.6 Å². The number of ketones is 1. The van der Waals surface area contributed by atoms with E-state index in [9.17, 15) is 14.0 Å². The molecule has 0 atom stereocenters. The van der Waals surface area contributed by atoms with Crippen LogP contribution in [0, 0.1) is 5.82 Å². The summed E-state index contributed by atoms with van der Waals surface area (Å²) in [6.07, 6.45) is 4.82. The molecule has 5 heteroatoms. The number of amides is 1. The number of aromatic nitrogens is 1. The number of halogens is 1. The summed E-state index contributed by atoms with van der Waals surface area (Å²) in [5.41, 5.74) is 0.815. The van der Waals surface area contributed by atoms with Gasteiger partial charge in [-0.25, -0.2) is 4.39 Å². The summed E-state index contributed by atoms with van der Waals surface area (Å²) in [6, 6.07) is 7.44. The van der Waals surface area contributed by atoms with E-state index in [4.69, 9.17) is 0 Å². The Kier molecular flexibility index (Phi) is 4.28. The predicted octanol–water partition coefficient (Wildman–Crippen LogP) is 3.02. The Bertz CT molecular complexity index is 745. The van der Waals surface area contributed by atoms with Gasteiger partial charge in [-0.05, 0) is 37.5 Å². The molecule has 0 bridgehead atoms. The minimum atomic E-state index is -0.553. The Hall–Kier alpha value is -2.43. The van der Waals surface area contributed by atoms with E-state index in [1.165, 1.54) is 12.1 Å². The number of aryl methyl sites for hydroxylation is 1. The third-order valence-corrected chi connectivity index (χ3v) is 4.25. The van der Waals surface area contributed by atoms with Crippen molar-refractivity contribution in [1.82, 2.24) is 9.47 Å². The largest absolute Gasteiger partial charge is 0.347 e. The fourth-order valence-electron chi connectivity index (χ4n) is 2.97. The monoisotopic (exact) mass is 314 g/mol. The first-order valence-electron chi connectivity index (χ1n) is 7.83. The lowest BCUT2D eigenvalue weighted by molar-refractivity contribution is 0.0724. The van der Waals surface area contributed by atoms with Crippen LogP contribution in [0.5, 0.6) is 0 Å². The molecule has 1 fully saturated rings. The first-order valence-corrected chi connectivity index (χ1v) is 7.83. The standard InChI is InChI=1S/C18H19FN2O2/c1-20-12-13(18(23)21-9-5-2-6-10-21)11-16(20)17(22)14-7-3-4-8-15(14)19/h3-4,7-8,11-12H,2,5-6,9-10H2,1H3. The van der Waals surface area contributed by atoms with Crippen molar-refractivity contribution in [3.05, 3.63) is 59.2 Å². The summed E-state index contributed by atoms with van der Waals surface area (Å²) >= 11 is 0. The van der Waals surface area contributed by atoms with Crippen molar-refractivity contribution < 1.29 is 14.0 Å². The second-order valence-corrected chi connectivity index (χ2v) is 5.89. The molecule has 0 unspecified atom stereocenters. The smallest absolute Gasteiger partial charge is 0.255 e. The van der Waals surface area contributed by atoms with Crippen LogP contribution in [0.3, 0.4) is 0 Å². The molecule has 4 nitrogen and oxygen atoms in total. The molecular formula is C18H19FN2O2. The highest BCUT2D eigenvalue weighted by Crippen LogP contribution is 2.18. The summed E-state index contributed by atoms with van der Waals surface area (Å²) in [7, 11) is 1.70. The zero-order valence-corrected chi connectivity index (χ0v) is 13.1. The maximum absolute atomic E-state index is 13.8. The third-order valence-electron chi connectivity index (χ3n) is 4.25. The van der Waals surface area contributed by atoms with Crippen LogP contribution in [0.25, 0.3) is 0 Å². The lowest BCUT2D eigenvalue weighted by Crippen LogP contribution is -2.35. The molecule has 0 aliphatic carbocycles. The number of carbonyl (C=O) groups is 2. The van der Waals surface area contributed by atoms with Crippen molar-refractivity contribution in [3.63, 3.8) is 0 Å². The molecule has 0 radical (unpaired) electrons. The molecule has 1 aromatic heterocycles. The molecule has 2 aromatic rings. The third kappa shape index (κ3) is 3.04. The zero-order valence-electron chi connectivity index (χ0n) is 13.1. The van der Waals surface area contributed by atoms with Gasteiger partial charge in [0.1, 0.15) is 5.82 Å². The van der Waals surface area contributed by atoms with Crippen LogP contribution < -0.4 is 0 Å². The van der Waals surface area contributed by atoms with Crippen LogP contribution in [0.2, 0.25) is 0 Å². The Balaban J connectivity index is 1.87. The number of rotatable bonds is 3. The van der Waals surface area contributed by atoms with E-state index in [2.05, 4.69) is 0 Å². The second-order valence-electron chi connectivity index (χ2n) is 5.89. The van der Waals surface area contributed by atoms with Crippen LogP contribution in [0.15, 0.2) is 36.5 Å². The lowest BCUT2D eigenvalue weighted by atomic mass is 10.1. The van der Waals surface area contributed by atoms with E-state index in [1.807, 2.05) is 4.90 Å². The van der Waals surface area contributed by atoms with Gasteiger partial charge in [-0.3, -0.25) is 9.59 Å². The van der Waals surface area contributed by atoms with Crippen LogP contribution >= 0.6 is 0 Å². The minimum absolute atomic E-state index is 0.0191. The minimum Gasteiger partial charge on any atom is -0.347 e. The topological polar surface area (TPSA) is 42.3 Å². The van der Waals surface area contributed by atoms with Crippen LogP contribution in [-0.4, -0.2) is 34.2 Å². The molecule has 1 aromatic carbocycles. The van der Waals surface area contributed by atoms with Gasteiger partial charge in [-0.2, -0.15) is 0 Å². The van der Waals surface area contributed by atoms with E-state index in [0.717, 1.165) is 32.4 Å². The first kappa shape index (κ1) is 15.5. The summed E-state index contributed by atoms with van der Waals surface area (Å²) in [5.74, 6) is -1.03. The summed E-state index contributed by atoms with van der Waals surface area (Å²) in [6.45, 7) is 1.51. The van der Waals surface area contributed by atoms with Gasteiger partial charge in [0.05, 0.1) is 16.8 Å². The van der Waals surface area contributed by atoms with Gasteiger partial charge >= 0.3 is 0 Å². The van der Waals surface area contributed by atoms with Gasteiger partial charge in [0.25, 0.3) is 5.91 Å². The predicted molar refractivity (Wildman–Crippen MR) is 85.0 cm³/mol. The lowest BCUT2D eigenvalue weighted by Gasteiger charge is -2.26. The maximum atomic E-state index is 13.8. The van der Waals surface area contributed by atoms with Crippen molar-refractivity contribution in [2.24, 2.45) is 7.05 Å². The van der Waals surface area contributed by atoms with Gasteiger partial charge in [0.2, 0.25) is 5.78 Å². The molecule has 3 rings (SSSR count). The van der Waals surface area contributed by atoms with Crippen molar-refractivity contribution in [3.8, 4) is 0 Å². The zero-order chi connectivity index (χ0) is 16.4. The molecule has 120 valence electrons. The fourth-order valence-corrected chi connectivity index (χ4v) is 2.97. The van der Waals surface area contributed by atoms with E-state index in [-0.39, 0.29) is 11.5 Å². The van der Waals surface area contributed by atoms with Crippen molar-refractivity contribution in [2.45, 2.75) is 19.3 Å². The van der Waals surface area contributed by atoms with E-state index in [0.29, 0.717) is 11.3 Å². The second kappa shape index (κ2) is 6.36. The molecule has 0 saturated carbocycles. The molecule has 2 heterocycles. The number of nitrogens with zero attached hydrogens (tertiary/aromatic N) is 2. The quantitative estimate of drug-likeness (QED) is 0.817. The average molecular weight is 314 g/mol. The number of hydrogen-bond acceptors (Lipinski definition) is 2. The average Bonchev–Trinajstić information content (AvgIpc) is 2.96. The number of benzene rings is 1. The van der Waals surface area contributed by atoms with Gasteiger partial charge < -0.3 is 9.47 Å². The molecular weight excluding hydrogens is 295 g/mol. The SMILES string of the molecule is Cn1cc(C(=O)N2CCCCC2)cc1C(=O)c1ccccc1F. The number of piperidine rings is 1. The number of hydrogen-bond donors (Lipinski definition) is 0. The summed E-state index contributed by atoms with van der Waals surface area (Å²) < 4.78 is 15.4. The summed E-state index contributed by atoms with van der Waals surface area (Å²) in [4.78, 5) is 26.8. The Morgan fingerprint density at radius 2 is 1.78 bits per heavy atom. The van der Waals surface area contributed by atoms with Crippen LogP contribution in [-0.2, 0) is 7.05 Å². The van der Waals surface area contributed by atoms with Crippen molar-refractivity contribution in [2.75, 3.05) is 13.1 Å². The molecule has 0 spiro atoms. The Labute approximate surface area is 134 Å². The van der Waals surface area contributed by atoms with Crippen molar-refractivity contribution in [1.29, 1.82) is 0 Å². The van der Waals surface area contributed by atoms with Crippen LogP contribution in [0.1, 0.15) is 45.7 Å². The summed E-state index contributed by atoms with van der Waals surface area (Å²) in [5, 5.41) is 0. The number of carbonyl (C=O) groups excluding carboxylic acids is 2. The molecule has 1 saturated heterocycles. The van der Waals surface area contributed by atoms with E-state index in [1.54, 1.807) is 36.0 Å². The Morgan fingerprint density at radius 3 is 2.48 bits per heavy atom. The molecule has 23 heavy (non-hydrogen) atoms. The van der Waals surface area contributed by atoms with Gasteiger partial charge in [-0.1, -0.05) is 12.1 Å². The first-order chi connectivity index (χ1) is 11.1. The highest BCUT2D eigenvalue weighted by Gasteiger charge is 2.23. The molecule has 0 N–H and O–H groups in total. The van der Waals surface area contributed by atoms with Gasteiger partial charge in [0, 0.05) is 26.3 Å². The molecule has 1 amide bonds. The normalized spacial score (nSPS) is 14.8. The maximum Gasteiger partial charge on any atom is 0.255 e. The van der Waals surface area contributed by atoms with E-state index >= 15 is 0 Å². The molecule has 1 aliphatic rings. The Morgan fingerprint density at radius 1 is 1.09 bits per heavy atom. The van der Waals surface area contributed by atoms with Crippen LogP contribution in [0.4, 0.5) is 4.39 Å². The van der Waals surface area contributed by atoms with Gasteiger partial charge in [0.15, 0.2) is 0 Å². The number of likely N-dealkylation sites (tertiary alicyclic amines) is 1.